The number of hydrogen-bond donors (Lipinski definition) is 1. The molecule has 1 N–H and O–H groups in total. The third-order valence-corrected chi connectivity index (χ3v) is 2.42. The van der Waals surface area contributed by atoms with Crippen molar-refractivity contribution in [1.82, 2.24) is 9.38 Å². The number of furan rings is 1. The predicted octanol–water partition coefficient (Wildman–Crippen LogP) is 2.22. The zero-order valence-corrected chi connectivity index (χ0v) is 8.50. The molecule has 0 unspecified atom stereocenters. The molecule has 3 aromatic rings. The van der Waals surface area contributed by atoms with E-state index < -0.39 is 0 Å². The van der Waals surface area contributed by atoms with Gasteiger partial charge in [0.05, 0.1) is 18.2 Å². The number of nitrogens with zero attached hydrogens (tertiary/aromatic N) is 2. The summed E-state index contributed by atoms with van der Waals surface area (Å²) in [5.41, 5.74) is 1.74. The minimum atomic E-state index is 0.231. The number of pyridine rings is 1. The van der Waals surface area contributed by atoms with Crippen molar-refractivity contribution in [2.24, 2.45) is 0 Å². The van der Waals surface area contributed by atoms with Crippen molar-refractivity contribution in [2.45, 2.75) is 6.42 Å². The van der Waals surface area contributed by atoms with E-state index in [4.69, 9.17) is 4.42 Å². The van der Waals surface area contributed by atoms with Gasteiger partial charge in [-0.25, -0.2) is 4.98 Å². The maximum absolute atomic E-state index is 9.33. The highest BCUT2D eigenvalue weighted by molar-refractivity contribution is 5.43. The van der Waals surface area contributed by atoms with Gasteiger partial charge in [0, 0.05) is 12.6 Å². The molecule has 80 valence electrons. The Labute approximate surface area is 91.8 Å². The lowest BCUT2D eigenvalue weighted by Gasteiger charge is -1.92. The zero-order chi connectivity index (χ0) is 11.0. The Bertz CT molecular complexity index is 611. The van der Waals surface area contributed by atoms with Gasteiger partial charge >= 0.3 is 0 Å². The lowest BCUT2D eigenvalue weighted by Crippen LogP contribution is -1.84. The number of aromatic hydroxyl groups is 1. The van der Waals surface area contributed by atoms with Crippen molar-refractivity contribution in [3.8, 4) is 5.75 Å². The van der Waals surface area contributed by atoms with Crippen molar-refractivity contribution >= 4 is 5.65 Å². The molecule has 0 atom stereocenters. The average molecular weight is 214 g/mol. The van der Waals surface area contributed by atoms with E-state index >= 15 is 0 Å². The molecule has 0 aromatic carbocycles. The van der Waals surface area contributed by atoms with Crippen LogP contribution in [0.3, 0.4) is 0 Å². The van der Waals surface area contributed by atoms with Crippen LogP contribution >= 0.6 is 0 Å². The lowest BCUT2D eigenvalue weighted by molar-refractivity contribution is 0.472. The van der Waals surface area contributed by atoms with Gasteiger partial charge in [-0.05, 0) is 24.3 Å². The Balaban J connectivity index is 1.99. The van der Waals surface area contributed by atoms with Crippen LogP contribution in [0.1, 0.15) is 11.5 Å². The fourth-order valence-corrected chi connectivity index (χ4v) is 1.71. The molecular weight excluding hydrogens is 204 g/mol. The van der Waals surface area contributed by atoms with Crippen molar-refractivity contribution in [1.29, 1.82) is 0 Å². The number of rotatable bonds is 2. The highest BCUT2D eigenvalue weighted by atomic mass is 16.3. The van der Waals surface area contributed by atoms with E-state index in [2.05, 4.69) is 4.98 Å². The van der Waals surface area contributed by atoms with Crippen molar-refractivity contribution < 1.29 is 9.52 Å². The number of imidazole rings is 1. The molecule has 3 aromatic heterocycles. The standard InChI is InChI=1S/C12H10N2O2/c15-10-3-4-12-13-9(7-14(12)8-10)6-11-2-1-5-16-11/h1-5,7-8,15H,6H2. The van der Waals surface area contributed by atoms with Crippen LogP contribution in [0.4, 0.5) is 0 Å². The van der Waals surface area contributed by atoms with Crippen molar-refractivity contribution in [2.75, 3.05) is 0 Å². The molecule has 0 amide bonds. The Morgan fingerprint density at radius 2 is 2.19 bits per heavy atom. The molecule has 0 saturated heterocycles. The van der Waals surface area contributed by atoms with Crippen LogP contribution in [-0.4, -0.2) is 14.5 Å². The van der Waals surface area contributed by atoms with Crippen LogP contribution in [0.5, 0.6) is 5.75 Å². The van der Waals surface area contributed by atoms with Gasteiger partial charge in [-0.15, -0.1) is 0 Å². The molecule has 4 nitrogen and oxygen atoms in total. The smallest absolute Gasteiger partial charge is 0.137 e. The normalized spacial score (nSPS) is 11.0. The van der Waals surface area contributed by atoms with Gasteiger partial charge in [-0.2, -0.15) is 0 Å². The Morgan fingerprint density at radius 1 is 1.25 bits per heavy atom. The summed E-state index contributed by atoms with van der Waals surface area (Å²) in [6.45, 7) is 0. The summed E-state index contributed by atoms with van der Waals surface area (Å²) in [5.74, 6) is 1.11. The monoisotopic (exact) mass is 214 g/mol. The molecule has 4 heteroatoms. The second-order valence-corrected chi connectivity index (χ2v) is 3.64. The summed E-state index contributed by atoms with van der Waals surface area (Å²) in [6, 6.07) is 7.18. The van der Waals surface area contributed by atoms with E-state index in [9.17, 15) is 5.11 Å². The van der Waals surface area contributed by atoms with Gasteiger partial charge in [0.2, 0.25) is 0 Å². The van der Waals surface area contributed by atoms with Gasteiger partial charge in [0.1, 0.15) is 17.2 Å². The van der Waals surface area contributed by atoms with Crippen LogP contribution in [-0.2, 0) is 6.42 Å². The number of aromatic nitrogens is 2. The average Bonchev–Trinajstić information content (AvgIpc) is 2.86. The van der Waals surface area contributed by atoms with Gasteiger partial charge in [0.15, 0.2) is 0 Å². The molecule has 0 spiro atoms. The second kappa shape index (κ2) is 3.41. The quantitative estimate of drug-likeness (QED) is 0.711. The largest absolute Gasteiger partial charge is 0.506 e. The van der Waals surface area contributed by atoms with E-state index in [-0.39, 0.29) is 5.75 Å². The Kier molecular flexibility index (Phi) is 1.93. The SMILES string of the molecule is Oc1ccc2nc(Cc3ccco3)cn2c1. The zero-order valence-electron chi connectivity index (χ0n) is 8.50. The third-order valence-electron chi connectivity index (χ3n) is 2.42. The van der Waals surface area contributed by atoms with E-state index in [0.717, 1.165) is 17.1 Å². The molecule has 16 heavy (non-hydrogen) atoms. The molecule has 0 aliphatic heterocycles. The summed E-state index contributed by atoms with van der Waals surface area (Å²) in [5, 5.41) is 9.33. The van der Waals surface area contributed by atoms with E-state index in [1.54, 1.807) is 29.0 Å². The molecule has 0 aliphatic rings. The van der Waals surface area contributed by atoms with Crippen LogP contribution in [0.15, 0.2) is 47.3 Å². The van der Waals surface area contributed by atoms with E-state index in [1.807, 2.05) is 18.3 Å². The summed E-state index contributed by atoms with van der Waals surface area (Å²) >= 11 is 0. The maximum Gasteiger partial charge on any atom is 0.137 e. The van der Waals surface area contributed by atoms with Crippen LogP contribution < -0.4 is 0 Å². The first-order valence-corrected chi connectivity index (χ1v) is 5.00. The first kappa shape index (κ1) is 9.03. The van der Waals surface area contributed by atoms with E-state index in [0.29, 0.717) is 6.42 Å². The molecule has 0 radical (unpaired) electrons. The minimum Gasteiger partial charge on any atom is -0.506 e. The summed E-state index contributed by atoms with van der Waals surface area (Å²) in [7, 11) is 0. The topological polar surface area (TPSA) is 50.7 Å². The minimum absolute atomic E-state index is 0.231. The van der Waals surface area contributed by atoms with Crippen LogP contribution in [0.25, 0.3) is 5.65 Å². The first-order chi connectivity index (χ1) is 7.81. The summed E-state index contributed by atoms with van der Waals surface area (Å²) in [4.78, 5) is 4.42. The summed E-state index contributed by atoms with van der Waals surface area (Å²) in [6.07, 6.45) is 5.83. The molecule has 3 rings (SSSR count). The fourth-order valence-electron chi connectivity index (χ4n) is 1.71. The van der Waals surface area contributed by atoms with Gasteiger partial charge in [-0.3, -0.25) is 0 Å². The molecule has 3 heterocycles. The molecular formula is C12H10N2O2. The first-order valence-electron chi connectivity index (χ1n) is 5.00. The van der Waals surface area contributed by atoms with Crippen LogP contribution in [0, 0.1) is 0 Å². The summed E-state index contributed by atoms with van der Waals surface area (Å²) < 4.78 is 7.06. The molecule has 0 fully saturated rings. The highest BCUT2D eigenvalue weighted by Crippen LogP contribution is 2.14. The van der Waals surface area contributed by atoms with Crippen molar-refractivity contribution in [3.63, 3.8) is 0 Å². The Morgan fingerprint density at radius 3 is 3.00 bits per heavy atom. The van der Waals surface area contributed by atoms with E-state index in [1.165, 1.54) is 0 Å². The lowest BCUT2D eigenvalue weighted by atomic mass is 10.3. The molecule has 0 bridgehead atoms. The Hall–Kier alpha value is -2.23. The third kappa shape index (κ3) is 1.54. The van der Waals surface area contributed by atoms with Crippen molar-refractivity contribution in [3.05, 3.63) is 54.4 Å². The molecule has 0 saturated carbocycles. The second-order valence-electron chi connectivity index (χ2n) is 3.64. The predicted molar refractivity (Wildman–Crippen MR) is 58.4 cm³/mol. The number of fused-ring (bicyclic) bond motifs is 1. The fraction of sp³-hybridized carbons (Fsp3) is 0.0833. The van der Waals surface area contributed by atoms with Gasteiger partial charge < -0.3 is 13.9 Å². The van der Waals surface area contributed by atoms with Gasteiger partial charge in [0.25, 0.3) is 0 Å². The van der Waals surface area contributed by atoms with Gasteiger partial charge in [-0.1, -0.05) is 0 Å². The number of hydrogen-bond acceptors (Lipinski definition) is 3. The highest BCUT2D eigenvalue weighted by Gasteiger charge is 2.04. The molecule has 0 aliphatic carbocycles. The maximum atomic E-state index is 9.33. The van der Waals surface area contributed by atoms with Crippen LogP contribution in [0.2, 0.25) is 0 Å².